The molecule has 2 aromatic carbocycles. The van der Waals surface area contributed by atoms with Gasteiger partial charge in [0.25, 0.3) is 11.8 Å². The lowest BCUT2D eigenvalue weighted by molar-refractivity contribution is 0.264. The second kappa shape index (κ2) is 6.96. The fourth-order valence-corrected chi connectivity index (χ4v) is 2.24. The predicted octanol–water partition coefficient (Wildman–Crippen LogP) is 3.89. The fraction of sp³-hybridized carbons (Fsp3) is 0.222. The Bertz CT molecular complexity index is 783. The molecule has 23 heavy (non-hydrogen) atoms. The van der Waals surface area contributed by atoms with Crippen molar-refractivity contribution in [3.8, 4) is 23.0 Å². The smallest absolute Gasteiger partial charge is 0.254 e. The highest BCUT2D eigenvalue weighted by Gasteiger charge is 2.13. The molecule has 0 aliphatic rings. The van der Waals surface area contributed by atoms with Crippen LogP contribution in [-0.2, 0) is 13.0 Å². The van der Waals surface area contributed by atoms with Crippen LogP contribution in [0.2, 0.25) is 0 Å². The Labute approximate surface area is 134 Å². The van der Waals surface area contributed by atoms with Crippen LogP contribution in [-0.4, -0.2) is 17.3 Å². The number of hydrogen-bond donors (Lipinski definition) is 0. The summed E-state index contributed by atoms with van der Waals surface area (Å²) in [5.41, 5.74) is 1.99. The van der Waals surface area contributed by atoms with E-state index in [0.29, 0.717) is 17.5 Å². The Kier molecular flexibility index (Phi) is 4.57. The molecule has 1 aromatic heterocycles. The second-order valence-electron chi connectivity index (χ2n) is 4.99. The third kappa shape index (κ3) is 3.51. The molecule has 5 heteroatoms. The maximum Gasteiger partial charge on any atom is 0.254 e. The van der Waals surface area contributed by atoms with Crippen LogP contribution in [0, 0.1) is 0 Å². The van der Waals surface area contributed by atoms with E-state index >= 15 is 0 Å². The van der Waals surface area contributed by atoms with Crippen molar-refractivity contribution in [3.63, 3.8) is 0 Å². The Morgan fingerprint density at radius 2 is 1.91 bits per heavy atom. The fourth-order valence-electron chi connectivity index (χ4n) is 2.24. The lowest BCUT2D eigenvalue weighted by atomic mass is 10.2. The molecule has 5 nitrogen and oxygen atoms in total. The standard InChI is InChI=1S/C18H18N2O3/c1-3-13-7-6-8-14(11-13)22-12-17-19-20-18(23-17)15-9-4-5-10-16(15)21-2/h4-11H,3,12H2,1-2H3. The van der Waals surface area contributed by atoms with Crippen molar-refractivity contribution in [1.82, 2.24) is 10.2 Å². The van der Waals surface area contributed by atoms with E-state index in [1.165, 1.54) is 5.56 Å². The van der Waals surface area contributed by atoms with Crippen molar-refractivity contribution in [1.29, 1.82) is 0 Å². The van der Waals surface area contributed by atoms with E-state index < -0.39 is 0 Å². The van der Waals surface area contributed by atoms with Crippen LogP contribution < -0.4 is 9.47 Å². The van der Waals surface area contributed by atoms with Crippen molar-refractivity contribution >= 4 is 0 Å². The van der Waals surface area contributed by atoms with Crippen LogP contribution >= 0.6 is 0 Å². The zero-order valence-corrected chi connectivity index (χ0v) is 13.2. The first-order valence-electron chi connectivity index (χ1n) is 7.47. The van der Waals surface area contributed by atoms with Crippen LogP contribution in [0.3, 0.4) is 0 Å². The van der Waals surface area contributed by atoms with Gasteiger partial charge in [-0.05, 0) is 36.2 Å². The summed E-state index contributed by atoms with van der Waals surface area (Å²) in [4.78, 5) is 0. The summed E-state index contributed by atoms with van der Waals surface area (Å²) in [6.07, 6.45) is 0.968. The number of benzene rings is 2. The van der Waals surface area contributed by atoms with E-state index in [1.54, 1.807) is 7.11 Å². The Morgan fingerprint density at radius 3 is 2.74 bits per heavy atom. The highest BCUT2D eigenvalue weighted by atomic mass is 16.5. The van der Waals surface area contributed by atoms with Gasteiger partial charge in [-0.1, -0.05) is 31.2 Å². The van der Waals surface area contributed by atoms with Gasteiger partial charge >= 0.3 is 0 Å². The summed E-state index contributed by atoms with van der Waals surface area (Å²) in [5, 5.41) is 8.09. The molecule has 0 saturated carbocycles. The lowest BCUT2D eigenvalue weighted by Crippen LogP contribution is -1.96. The summed E-state index contributed by atoms with van der Waals surface area (Å²) in [7, 11) is 1.61. The molecule has 0 fully saturated rings. The summed E-state index contributed by atoms with van der Waals surface area (Å²) in [6.45, 7) is 2.34. The molecule has 0 aliphatic carbocycles. The van der Waals surface area contributed by atoms with Gasteiger partial charge in [0, 0.05) is 0 Å². The van der Waals surface area contributed by atoms with Crippen molar-refractivity contribution in [2.24, 2.45) is 0 Å². The first kappa shape index (κ1) is 15.1. The minimum absolute atomic E-state index is 0.231. The Hall–Kier alpha value is -2.82. The number of nitrogens with zero attached hydrogens (tertiary/aromatic N) is 2. The SMILES string of the molecule is CCc1cccc(OCc2nnc(-c3ccccc3OC)o2)c1. The zero-order valence-electron chi connectivity index (χ0n) is 13.2. The van der Waals surface area contributed by atoms with Gasteiger partial charge in [0.05, 0.1) is 12.7 Å². The summed E-state index contributed by atoms with van der Waals surface area (Å²) in [6, 6.07) is 15.5. The van der Waals surface area contributed by atoms with Gasteiger partial charge in [-0.3, -0.25) is 0 Å². The van der Waals surface area contributed by atoms with Crippen LogP contribution in [0.1, 0.15) is 18.4 Å². The molecular formula is C18H18N2O3. The molecule has 0 unspecified atom stereocenters. The maximum absolute atomic E-state index is 5.71. The van der Waals surface area contributed by atoms with Gasteiger partial charge in [-0.2, -0.15) is 0 Å². The third-order valence-corrected chi connectivity index (χ3v) is 3.47. The van der Waals surface area contributed by atoms with E-state index in [4.69, 9.17) is 13.9 Å². The van der Waals surface area contributed by atoms with Crippen molar-refractivity contribution in [2.75, 3.05) is 7.11 Å². The molecule has 0 amide bonds. The number of methoxy groups -OCH3 is 1. The van der Waals surface area contributed by atoms with Crippen LogP contribution in [0.15, 0.2) is 52.9 Å². The number of hydrogen-bond acceptors (Lipinski definition) is 5. The van der Waals surface area contributed by atoms with Gasteiger partial charge in [-0.15, -0.1) is 10.2 Å². The van der Waals surface area contributed by atoms with Crippen molar-refractivity contribution in [2.45, 2.75) is 20.0 Å². The van der Waals surface area contributed by atoms with Crippen LogP contribution in [0.25, 0.3) is 11.5 Å². The number of aromatic nitrogens is 2. The normalized spacial score (nSPS) is 10.5. The average Bonchev–Trinajstić information content (AvgIpc) is 3.09. The van der Waals surface area contributed by atoms with E-state index in [9.17, 15) is 0 Å². The molecule has 0 atom stereocenters. The molecule has 3 rings (SSSR count). The number of para-hydroxylation sites is 1. The monoisotopic (exact) mass is 310 g/mol. The van der Waals surface area contributed by atoms with Gasteiger partial charge in [0.2, 0.25) is 0 Å². The molecular weight excluding hydrogens is 292 g/mol. The van der Waals surface area contributed by atoms with Gasteiger partial charge in [-0.25, -0.2) is 0 Å². The number of rotatable bonds is 6. The largest absolute Gasteiger partial charge is 0.496 e. The maximum atomic E-state index is 5.71. The van der Waals surface area contributed by atoms with E-state index in [2.05, 4.69) is 23.2 Å². The number of aryl methyl sites for hydroxylation is 1. The number of ether oxygens (including phenoxy) is 2. The summed E-state index contributed by atoms with van der Waals surface area (Å²) < 4.78 is 16.7. The molecule has 118 valence electrons. The quantitative estimate of drug-likeness (QED) is 0.691. The van der Waals surface area contributed by atoms with Crippen molar-refractivity contribution < 1.29 is 13.9 Å². The molecule has 0 aliphatic heterocycles. The minimum Gasteiger partial charge on any atom is -0.496 e. The highest BCUT2D eigenvalue weighted by Crippen LogP contribution is 2.28. The first-order chi connectivity index (χ1) is 11.3. The molecule has 1 heterocycles. The third-order valence-electron chi connectivity index (χ3n) is 3.47. The minimum atomic E-state index is 0.231. The second-order valence-corrected chi connectivity index (χ2v) is 4.99. The van der Waals surface area contributed by atoms with E-state index in [0.717, 1.165) is 17.7 Å². The van der Waals surface area contributed by atoms with Gasteiger partial charge in [0.1, 0.15) is 11.5 Å². The predicted molar refractivity (Wildman–Crippen MR) is 86.4 cm³/mol. The zero-order chi connectivity index (χ0) is 16.1. The van der Waals surface area contributed by atoms with Gasteiger partial charge in [0.15, 0.2) is 6.61 Å². The Morgan fingerprint density at radius 1 is 1.04 bits per heavy atom. The lowest BCUT2D eigenvalue weighted by Gasteiger charge is -2.05. The van der Waals surface area contributed by atoms with E-state index in [1.807, 2.05) is 42.5 Å². The average molecular weight is 310 g/mol. The molecule has 3 aromatic rings. The van der Waals surface area contributed by atoms with Crippen LogP contribution in [0.4, 0.5) is 0 Å². The van der Waals surface area contributed by atoms with E-state index in [-0.39, 0.29) is 6.61 Å². The van der Waals surface area contributed by atoms with Crippen LogP contribution in [0.5, 0.6) is 11.5 Å². The molecule has 0 radical (unpaired) electrons. The molecule has 0 N–H and O–H groups in total. The highest BCUT2D eigenvalue weighted by molar-refractivity contribution is 5.62. The van der Waals surface area contributed by atoms with Crippen molar-refractivity contribution in [3.05, 3.63) is 60.0 Å². The summed E-state index contributed by atoms with van der Waals surface area (Å²) >= 11 is 0. The first-order valence-corrected chi connectivity index (χ1v) is 7.47. The molecule has 0 bridgehead atoms. The summed E-state index contributed by atoms with van der Waals surface area (Å²) in [5.74, 6) is 2.33. The molecule has 0 spiro atoms. The topological polar surface area (TPSA) is 57.4 Å². The Balaban J connectivity index is 1.72. The van der Waals surface area contributed by atoms with Gasteiger partial charge < -0.3 is 13.9 Å². The molecule has 0 saturated heterocycles.